The van der Waals surface area contributed by atoms with Gasteiger partial charge in [0.1, 0.15) is 5.75 Å². The number of rotatable bonds is 7. The van der Waals surface area contributed by atoms with E-state index in [1.165, 1.54) is 25.7 Å². The third-order valence-electron chi connectivity index (χ3n) is 3.84. The summed E-state index contributed by atoms with van der Waals surface area (Å²) in [5, 5.41) is 6.52. The van der Waals surface area contributed by atoms with Crippen molar-refractivity contribution < 1.29 is 9.47 Å². The maximum atomic E-state index is 6.15. The molecular formula is C17H27N3O2. The maximum Gasteiger partial charge on any atom is 0.191 e. The van der Waals surface area contributed by atoms with Gasteiger partial charge in [-0.1, -0.05) is 18.2 Å². The van der Waals surface area contributed by atoms with Crippen LogP contribution in [0, 0.1) is 0 Å². The number of benzene rings is 1. The molecule has 5 heteroatoms. The minimum absolute atomic E-state index is 0.375. The van der Waals surface area contributed by atoms with Crippen molar-refractivity contribution in [1.82, 2.24) is 10.6 Å². The Morgan fingerprint density at radius 2 is 2.00 bits per heavy atom. The number of para-hydroxylation sites is 1. The van der Waals surface area contributed by atoms with Gasteiger partial charge in [0, 0.05) is 32.8 Å². The minimum Gasteiger partial charge on any atom is -0.490 e. The molecule has 22 heavy (non-hydrogen) atoms. The molecule has 1 aliphatic rings. The first-order chi connectivity index (χ1) is 10.8. The normalized spacial score (nSPS) is 15.8. The van der Waals surface area contributed by atoms with E-state index in [1.54, 1.807) is 14.2 Å². The largest absolute Gasteiger partial charge is 0.490 e. The van der Waals surface area contributed by atoms with Crippen LogP contribution in [-0.2, 0) is 11.3 Å². The molecule has 0 aliphatic heterocycles. The predicted molar refractivity (Wildman–Crippen MR) is 89.4 cm³/mol. The van der Waals surface area contributed by atoms with E-state index < -0.39 is 0 Å². The zero-order chi connectivity index (χ0) is 15.6. The summed E-state index contributed by atoms with van der Waals surface area (Å²) in [6, 6.07) is 8.22. The summed E-state index contributed by atoms with van der Waals surface area (Å²) in [5.41, 5.74) is 1.16. The van der Waals surface area contributed by atoms with Crippen LogP contribution in [0.1, 0.15) is 31.2 Å². The van der Waals surface area contributed by atoms with E-state index in [4.69, 9.17) is 9.47 Å². The van der Waals surface area contributed by atoms with Crippen LogP contribution in [0.2, 0.25) is 0 Å². The van der Waals surface area contributed by atoms with Gasteiger partial charge in [0.15, 0.2) is 5.96 Å². The van der Waals surface area contributed by atoms with Crippen LogP contribution in [0.3, 0.4) is 0 Å². The molecule has 0 bridgehead atoms. The summed E-state index contributed by atoms with van der Waals surface area (Å²) >= 11 is 0. The number of ether oxygens (including phenoxy) is 2. The number of methoxy groups -OCH3 is 1. The van der Waals surface area contributed by atoms with Crippen molar-refractivity contribution in [3.05, 3.63) is 29.8 Å². The highest BCUT2D eigenvalue weighted by atomic mass is 16.5. The molecule has 2 N–H and O–H groups in total. The molecule has 5 nitrogen and oxygen atoms in total. The predicted octanol–water partition coefficient (Wildman–Crippen LogP) is 2.32. The van der Waals surface area contributed by atoms with E-state index in [0.29, 0.717) is 19.3 Å². The van der Waals surface area contributed by atoms with Gasteiger partial charge in [0.25, 0.3) is 0 Å². The van der Waals surface area contributed by atoms with Crippen molar-refractivity contribution in [2.24, 2.45) is 4.99 Å². The Kier molecular flexibility index (Phi) is 7.03. The monoisotopic (exact) mass is 305 g/mol. The van der Waals surface area contributed by atoms with Crippen molar-refractivity contribution in [2.45, 2.75) is 38.3 Å². The molecule has 0 aromatic heterocycles. The van der Waals surface area contributed by atoms with Crippen LogP contribution in [0.15, 0.2) is 29.3 Å². The van der Waals surface area contributed by atoms with E-state index >= 15 is 0 Å². The highest BCUT2D eigenvalue weighted by molar-refractivity contribution is 5.79. The van der Waals surface area contributed by atoms with Crippen LogP contribution in [-0.4, -0.2) is 39.4 Å². The first-order valence-electron chi connectivity index (χ1n) is 8.01. The van der Waals surface area contributed by atoms with Crippen LogP contribution < -0.4 is 15.4 Å². The molecule has 0 spiro atoms. The van der Waals surface area contributed by atoms with Gasteiger partial charge >= 0.3 is 0 Å². The average Bonchev–Trinajstić information content (AvgIpc) is 3.05. The van der Waals surface area contributed by atoms with Crippen LogP contribution in [0.4, 0.5) is 0 Å². The standard InChI is InChI=1S/C17H27N3O2/c1-18-17(19-11-12-21-2)20-13-14-7-3-6-10-16(14)22-15-8-4-5-9-15/h3,6-7,10,15H,4-5,8-9,11-13H2,1-2H3,(H2,18,19,20). The van der Waals surface area contributed by atoms with Crippen molar-refractivity contribution in [2.75, 3.05) is 27.3 Å². The molecule has 2 rings (SSSR count). The van der Waals surface area contributed by atoms with Gasteiger partial charge in [-0.05, 0) is 31.7 Å². The average molecular weight is 305 g/mol. The Hall–Kier alpha value is -1.75. The zero-order valence-electron chi connectivity index (χ0n) is 13.6. The molecule has 0 saturated heterocycles. The minimum atomic E-state index is 0.375. The molecule has 0 atom stereocenters. The fourth-order valence-corrected chi connectivity index (χ4v) is 2.62. The number of guanidine groups is 1. The quantitative estimate of drug-likeness (QED) is 0.461. The zero-order valence-corrected chi connectivity index (χ0v) is 13.6. The third-order valence-corrected chi connectivity index (χ3v) is 3.84. The molecule has 1 saturated carbocycles. The second-order valence-electron chi connectivity index (χ2n) is 5.48. The summed E-state index contributed by atoms with van der Waals surface area (Å²) in [6.45, 7) is 2.08. The van der Waals surface area contributed by atoms with Crippen molar-refractivity contribution >= 4 is 5.96 Å². The van der Waals surface area contributed by atoms with E-state index in [-0.39, 0.29) is 0 Å². The van der Waals surface area contributed by atoms with Gasteiger partial charge in [-0.15, -0.1) is 0 Å². The first-order valence-corrected chi connectivity index (χ1v) is 8.01. The Labute approximate surface area is 133 Å². The molecule has 0 unspecified atom stereocenters. The highest BCUT2D eigenvalue weighted by Gasteiger charge is 2.17. The number of nitrogens with zero attached hydrogens (tertiary/aromatic N) is 1. The number of aliphatic imine (C=N–C) groups is 1. The SMILES string of the molecule is CN=C(NCCOC)NCc1ccccc1OC1CCCC1. The molecule has 1 aromatic carbocycles. The van der Waals surface area contributed by atoms with Crippen molar-refractivity contribution in [3.8, 4) is 5.75 Å². The lowest BCUT2D eigenvalue weighted by Gasteiger charge is -2.17. The summed E-state index contributed by atoms with van der Waals surface area (Å²) in [6.07, 6.45) is 5.27. The Morgan fingerprint density at radius 1 is 1.23 bits per heavy atom. The maximum absolute atomic E-state index is 6.15. The van der Waals surface area contributed by atoms with E-state index in [0.717, 1.165) is 23.8 Å². The van der Waals surface area contributed by atoms with E-state index in [1.807, 2.05) is 12.1 Å². The summed E-state index contributed by atoms with van der Waals surface area (Å²) < 4.78 is 11.2. The molecule has 122 valence electrons. The Bertz CT molecular complexity index is 471. The van der Waals surface area contributed by atoms with Gasteiger partial charge in [-0.25, -0.2) is 0 Å². The molecule has 1 fully saturated rings. The van der Waals surface area contributed by atoms with Crippen molar-refractivity contribution in [1.29, 1.82) is 0 Å². The van der Waals surface area contributed by atoms with Crippen LogP contribution in [0.5, 0.6) is 5.75 Å². The molecule has 0 radical (unpaired) electrons. The van der Waals surface area contributed by atoms with Gasteiger partial charge in [-0.3, -0.25) is 4.99 Å². The molecule has 0 amide bonds. The highest BCUT2D eigenvalue weighted by Crippen LogP contribution is 2.26. The molecular weight excluding hydrogens is 278 g/mol. The lowest BCUT2D eigenvalue weighted by Crippen LogP contribution is -2.38. The van der Waals surface area contributed by atoms with Gasteiger partial charge in [0.2, 0.25) is 0 Å². The van der Waals surface area contributed by atoms with Crippen LogP contribution in [0.25, 0.3) is 0 Å². The third kappa shape index (κ3) is 5.22. The van der Waals surface area contributed by atoms with E-state index in [2.05, 4.69) is 27.8 Å². The summed E-state index contributed by atoms with van der Waals surface area (Å²) in [5.74, 6) is 1.75. The number of nitrogens with one attached hydrogen (secondary N) is 2. The van der Waals surface area contributed by atoms with Crippen molar-refractivity contribution in [3.63, 3.8) is 0 Å². The second-order valence-corrected chi connectivity index (χ2v) is 5.48. The van der Waals surface area contributed by atoms with Gasteiger partial charge < -0.3 is 20.1 Å². The lowest BCUT2D eigenvalue weighted by molar-refractivity contribution is 0.203. The Balaban J connectivity index is 1.88. The smallest absolute Gasteiger partial charge is 0.191 e. The summed E-state index contributed by atoms with van der Waals surface area (Å²) in [4.78, 5) is 4.21. The number of hydrogen-bond donors (Lipinski definition) is 2. The Morgan fingerprint density at radius 3 is 2.73 bits per heavy atom. The topological polar surface area (TPSA) is 54.9 Å². The molecule has 1 aliphatic carbocycles. The fraction of sp³-hybridized carbons (Fsp3) is 0.588. The second kappa shape index (κ2) is 9.30. The van der Waals surface area contributed by atoms with Gasteiger partial charge in [0.05, 0.1) is 12.7 Å². The number of hydrogen-bond acceptors (Lipinski definition) is 3. The molecule has 1 aromatic rings. The van der Waals surface area contributed by atoms with Crippen LogP contribution >= 0.6 is 0 Å². The fourth-order valence-electron chi connectivity index (χ4n) is 2.62. The van der Waals surface area contributed by atoms with Gasteiger partial charge in [-0.2, -0.15) is 0 Å². The molecule has 0 heterocycles. The lowest BCUT2D eigenvalue weighted by atomic mass is 10.2. The van der Waals surface area contributed by atoms with E-state index in [9.17, 15) is 0 Å². The summed E-state index contributed by atoms with van der Waals surface area (Å²) in [7, 11) is 3.46. The first kappa shape index (κ1) is 16.6.